The van der Waals surface area contributed by atoms with E-state index in [-0.39, 0.29) is 17.9 Å². The highest BCUT2D eigenvalue weighted by molar-refractivity contribution is 5.79. The lowest BCUT2D eigenvalue weighted by atomic mass is 9.84. The minimum absolute atomic E-state index is 0.00240. The van der Waals surface area contributed by atoms with Crippen molar-refractivity contribution in [2.75, 3.05) is 6.54 Å². The number of hydrogen-bond donors (Lipinski definition) is 1. The molecule has 0 aromatic carbocycles. The van der Waals surface area contributed by atoms with Gasteiger partial charge >= 0.3 is 0 Å². The van der Waals surface area contributed by atoms with Crippen molar-refractivity contribution >= 4 is 5.91 Å². The van der Waals surface area contributed by atoms with Gasteiger partial charge in [0.05, 0.1) is 18.2 Å². The third kappa shape index (κ3) is 3.53. The van der Waals surface area contributed by atoms with Crippen LogP contribution in [0.25, 0.3) is 0 Å². The van der Waals surface area contributed by atoms with Crippen molar-refractivity contribution in [1.29, 1.82) is 0 Å². The van der Waals surface area contributed by atoms with E-state index < -0.39 is 0 Å². The Morgan fingerprint density at radius 3 is 2.84 bits per heavy atom. The zero-order chi connectivity index (χ0) is 13.7. The average molecular weight is 261 g/mol. The summed E-state index contributed by atoms with van der Waals surface area (Å²) in [6, 6.07) is 5.82. The Morgan fingerprint density at radius 1 is 1.42 bits per heavy atom. The minimum Gasteiger partial charge on any atom is -0.337 e. The summed E-state index contributed by atoms with van der Waals surface area (Å²) in [4.78, 5) is 18.7. The number of aromatic nitrogens is 1. The fourth-order valence-corrected chi connectivity index (χ4v) is 2.73. The summed E-state index contributed by atoms with van der Waals surface area (Å²) >= 11 is 0. The van der Waals surface area contributed by atoms with E-state index >= 15 is 0 Å². The molecule has 0 bridgehead atoms. The molecule has 1 aliphatic rings. The first-order valence-corrected chi connectivity index (χ1v) is 7.16. The highest BCUT2D eigenvalue weighted by Gasteiger charge is 2.31. The molecule has 19 heavy (non-hydrogen) atoms. The second-order valence-electron chi connectivity index (χ2n) is 5.23. The smallest absolute Gasteiger partial charge is 0.227 e. The van der Waals surface area contributed by atoms with Crippen LogP contribution >= 0.6 is 0 Å². The van der Waals surface area contributed by atoms with Gasteiger partial charge in [-0.1, -0.05) is 18.9 Å². The number of hydrogen-bond acceptors (Lipinski definition) is 3. The Morgan fingerprint density at radius 2 is 2.21 bits per heavy atom. The predicted octanol–water partition coefficient (Wildman–Crippen LogP) is 1.95. The molecule has 0 saturated heterocycles. The zero-order valence-corrected chi connectivity index (χ0v) is 11.6. The summed E-state index contributed by atoms with van der Waals surface area (Å²) < 4.78 is 0. The van der Waals surface area contributed by atoms with Crippen LogP contribution in [0.4, 0.5) is 0 Å². The molecule has 4 nitrogen and oxygen atoms in total. The van der Waals surface area contributed by atoms with E-state index in [0.717, 1.165) is 31.4 Å². The number of amides is 1. The minimum atomic E-state index is -0.00240. The number of pyridine rings is 1. The topological polar surface area (TPSA) is 59.2 Å². The lowest BCUT2D eigenvalue weighted by molar-refractivity contribution is -0.137. The van der Waals surface area contributed by atoms with Gasteiger partial charge in [0.25, 0.3) is 0 Å². The first kappa shape index (κ1) is 14.0. The van der Waals surface area contributed by atoms with Crippen LogP contribution in [0.15, 0.2) is 24.4 Å². The molecule has 1 aliphatic carbocycles. The highest BCUT2D eigenvalue weighted by atomic mass is 16.2. The molecule has 1 aromatic rings. The van der Waals surface area contributed by atoms with Crippen LogP contribution in [0.2, 0.25) is 0 Å². The summed E-state index contributed by atoms with van der Waals surface area (Å²) in [6.07, 6.45) is 5.93. The van der Waals surface area contributed by atoms with Crippen LogP contribution in [0.5, 0.6) is 0 Å². The molecular formula is C15H23N3O. The normalized spacial score (nSPS) is 23.1. The second-order valence-corrected chi connectivity index (χ2v) is 5.23. The summed E-state index contributed by atoms with van der Waals surface area (Å²) in [6.45, 7) is 3.30. The van der Waals surface area contributed by atoms with Gasteiger partial charge in [-0.25, -0.2) is 0 Å². The maximum Gasteiger partial charge on any atom is 0.227 e. The standard InChI is InChI=1S/C15H23N3O/c1-2-18(11-12-7-5-6-10-17-12)15(19)13-8-3-4-9-14(13)16/h5-7,10,13-14H,2-4,8-9,11,16H2,1H3. The molecule has 2 atom stereocenters. The number of nitrogens with two attached hydrogens (primary N) is 1. The number of nitrogens with zero attached hydrogens (tertiary/aromatic N) is 2. The van der Waals surface area contributed by atoms with Gasteiger partial charge in [-0.05, 0) is 31.9 Å². The molecule has 2 N–H and O–H groups in total. The molecule has 2 unspecified atom stereocenters. The summed E-state index contributed by atoms with van der Waals surface area (Å²) in [7, 11) is 0. The van der Waals surface area contributed by atoms with Crippen molar-refractivity contribution in [3.8, 4) is 0 Å². The Hall–Kier alpha value is -1.42. The molecular weight excluding hydrogens is 238 g/mol. The molecule has 1 heterocycles. The number of carbonyl (C=O) groups excluding carboxylic acids is 1. The Kier molecular flexibility index (Phi) is 4.91. The van der Waals surface area contributed by atoms with Crippen molar-refractivity contribution in [2.24, 2.45) is 11.7 Å². The monoisotopic (exact) mass is 261 g/mol. The Balaban J connectivity index is 2.02. The van der Waals surface area contributed by atoms with Gasteiger partial charge in [0.15, 0.2) is 0 Å². The van der Waals surface area contributed by atoms with Gasteiger partial charge in [0.2, 0.25) is 5.91 Å². The largest absolute Gasteiger partial charge is 0.337 e. The van der Waals surface area contributed by atoms with E-state index in [1.54, 1.807) is 6.20 Å². The van der Waals surface area contributed by atoms with Gasteiger partial charge in [-0.15, -0.1) is 0 Å². The van der Waals surface area contributed by atoms with Gasteiger partial charge in [0, 0.05) is 18.8 Å². The first-order valence-electron chi connectivity index (χ1n) is 7.16. The van der Waals surface area contributed by atoms with Gasteiger partial charge in [0.1, 0.15) is 0 Å². The van der Waals surface area contributed by atoms with E-state index in [9.17, 15) is 4.79 Å². The van der Waals surface area contributed by atoms with Crippen LogP contribution in [0.1, 0.15) is 38.3 Å². The van der Waals surface area contributed by atoms with Crippen molar-refractivity contribution in [1.82, 2.24) is 9.88 Å². The molecule has 0 radical (unpaired) electrons. The molecule has 104 valence electrons. The highest BCUT2D eigenvalue weighted by Crippen LogP contribution is 2.25. The molecule has 1 amide bonds. The van der Waals surface area contributed by atoms with Gasteiger partial charge < -0.3 is 10.6 Å². The second kappa shape index (κ2) is 6.66. The summed E-state index contributed by atoms with van der Waals surface area (Å²) in [5.74, 6) is 0.192. The molecule has 4 heteroatoms. The lowest BCUT2D eigenvalue weighted by Gasteiger charge is -2.32. The fraction of sp³-hybridized carbons (Fsp3) is 0.600. The zero-order valence-electron chi connectivity index (χ0n) is 11.6. The van der Waals surface area contributed by atoms with E-state index in [1.165, 1.54) is 0 Å². The van der Waals surface area contributed by atoms with E-state index in [0.29, 0.717) is 13.1 Å². The van der Waals surface area contributed by atoms with Gasteiger partial charge in [-0.3, -0.25) is 9.78 Å². The maximum absolute atomic E-state index is 12.6. The Labute approximate surface area is 115 Å². The molecule has 0 aliphatic heterocycles. The van der Waals surface area contributed by atoms with Crippen LogP contribution in [-0.4, -0.2) is 28.4 Å². The predicted molar refractivity (Wildman–Crippen MR) is 75.3 cm³/mol. The summed E-state index contributed by atoms with van der Waals surface area (Å²) in [5.41, 5.74) is 7.04. The molecule has 1 fully saturated rings. The van der Waals surface area contributed by atoms with Crippen molar-refractivity contribution in [2.45, 2.75) is 45.2 Å². The quantitative estimate of drug-likeness (QED) is 0.901. The number of rotatable bonds is 4. The maximum atomic E-state index is 12.6. The van der Waals surface area contributed by atoms with Crippen LogP contribution in [0, 0.1) is 5.92 Å². The van der Waals surface area contributed by atoms with E-state index in [4.69, 9.17) is 5.73 Å². The van der Waals surface area contributed by atoms with Crippen molar-refractivity contribution < 1.29 is 4.79 Å². The molecule has 1 aromatic heterocycles. The summed E-state index contributed by atoms with van der Waals surface area (Å²) in [5, 5.41) is 0. The third-order valence-corrected chi connectivity index (χ3v) is 3.91. The lowest BCUT2D eigenvalue weighted by Crippen LogP contribution is -2.45. The van der Waals surface area contributed by atoms with Crippen molar-refractivity contribution in [3.63, 3.8) is 0 Å². The molecule has 2 rings (SSSR count). The first-order chi connectivity index (χ1) is 9.22. The third-order valence-electron chi connectivity index (χ3n) is 3.91. The van der Waals surface area contributed by atoms with Crippen molar-refractivity contribution in [3.05, 3.63) is 30.1 Å². The fourth-order valence-electron chi connectivity index (χ4n) is 2.73. The average Bonchev–Trinajstić information content (AvgIpc) is 2.46. The van der Waals surface area contributed by atoms with E-state index in [2.05, 4.69) is 4.98 Å². The van der Waals surface area contributed by atoms with Crippen LogP contribution in [0.3, 0.4) is 0 Å². The molecule has 1 saturated carbocycles. The van der Waals surface area contributed by atoms with E-state index in [1.807, 2.05) is 30.0 Å². The Bertz CT molecular complexity index is 407. The SMILES string of the molecule is CCN(Cc1ccccn1)C(=O)C1CCCCC1N. The van der Waals surface area contributed by atoms with Crippen LogP contribution in [-0.2, 0) is 11.3 Å². The number of carbonyl (C=O) groups is 1. The van der Waals surface area contributed by atoms with Gasteiger partial charge in [-0.2, -0.15) is 0 Å². The van der Waals surface area contributed by atoms with Crippen LogP contribution < -0.4 is 5.73 Å². The molecule has 0 spiro atoms.